The number of halogens is 1. The maximum atomic E-state index is 3.84. The summed E-state index contributed by atoms with van der Waals surface area (Å²) < 4.78 is 1.23. The lowest BCUT2D eigenvalue weighted by atomic mass is 10.5. The van der Waals surface area contributed by atoms with Gasteiger partial charge in [0, 0.05) is 21.7 Å². The molecule has 0 saturated heterocycles. The summed E-state index contributed by atoms with van der Waals surface area (Å²) in [7, 11) is 0. The number of pyridine rings is 1. The molecular weight excluding hydrogens is 295 g/mol. The highest BCUT2D eigenvalue weighted by Gasteiger charge is 1.92. The van der Waals surface area contributed by atoms with Crippen molar-refractivity contribution in [2.45, 2.75) is 6.92 Å². The first kappa shape index (κ1) is 10.8. The largest absolute Gasteiger partial charge is 0.379 e. The molecule has 0 atom stereocenters. The van der Waals surface area contributed by atoms with Crippen molar-refractivity contribution in [2.24, 2.45) is 0 Å². The molecule has 1 aliphatic heterocycles. The highest BCUT2D eigenvalue weighted by Crippen LogP contribution is 2.09. The Balaban J connectivity index is 0.000000132. The van der Waals surface area contributed by atoms with E-state index in [0.717, 1.165) is 5.88 Å². The Morgan fingerprint density at radius 2 is 2.15 bits per heavy atom. The van der Waals surface area contributed by atoms with Gasteiger partial charge in [-0.25, -0.2) is 0 Å². The molecule has 0 fully saturated rings. The van der Waals surface area contributed by atoms with Crippen LogP contribution in [0.25, 0.3) is 0 Å². The van der Waals surface area contributed by atoms with E-state index in [9.17, 15) is 0 Å². The zero-order chi connectivity index (χ0) is 9.52. The normalized spacial score (nSPS) is 13.8. The van der Waals surface area contributed by atoms with Gasteiger partial charge >= 0.3 is 0 Å². The Bertz CT molecular complexity index is 274. The number of allylic oxidation sites excluding steroid dienone is 1. The van der Waals surface area contributed by atoms with Crippen molar-refractivity contribution in [1.82, 2.24) is 10.3 Å². The minimum absolute atomic E-state index is 1.06. The van der Waals surface area contributed by atoms with Crippen LogP contribution in [0.5, 0.6) is 0 Å². The smallest absolute Gasteiger partial charge is 0.0648 e. The minimum Gasteiger partial charge on any atom is -0.379 e. The molecule has 0 bridgehead atoms. The van der Waals surface area contributed by atoms with Gasteiger partial charge in [0.25, 0.3) is 0 Å². The molecule has 2 nitrogen and oxygen atoms in total. The molecule has 1 N–H and O–H groups in total. The molecular formula is C9H11IN2S. The molecule has 1 aromatic rings. The predicted molar refractivity (Wildman–Crippen MR) is 66.3 cm³/mol. The monoisotopic (exact) mass is 306 g/mol. The fourth-order valence-corrected chi connectivity index (χ4v) is 1.75. The Morgan fingerprint density at radius 3 is 2.38 bits per heavy atom. The molecule has 1 aromatic heterocycles. The molecule has 0 radical (unpaired) electrons. The lowest BCUT2D eigenvalue weighted by Crippen LogP contribution is -2.01. The third kappa shape index (κ3) is 5.15. The lowest BCUT2D eigenvalue weighted by molar-refractivity contribution is 0.983. The van der Waals surface area contributed by atoms with Crippen LogP contribution in [0.1, 0.15) is 6.92 Å². The van der Waals surface area contributed by atoms with Crippen LogP contribution in [0.4, 0.5) is 0 Å². The topological polar surface area (TPSA) is 24.9 Å². The maximum Gasteiger partial charge on any atom is 0.0648 e. The number of hydrogen-bond donors (Lipinski definition) is 1. The average Bonchev–Trinajstić information content (AvgIpc) is 2.58. The number of nitrogens with one attached hydrogen (secondary N) is 1. The number of rotatable bonds is 0. The zero-order valence-corrected chi connectivity index (χ0v) is 10.3. The van der Waals surface area contributed by atoms with E-state index in [-0.39, 0.29) is 0 Å². The molecule has 13 heavy (non-hydrogen) atoms. The van der Waals surface area contributed by atoms with E-state index in [1.54, 1.807) is 12.4 Å². The van der Waals surface area contributed by atoms with Crippen molar-refractivity contribution in [3.8, 4) is 0 Å². The second-order valence-corrected chi connectivity index (χ2v) is 4.56. The molecule has 0 unspecified atom stereocenters. The number of thioether (sulfide) groups is 1. The Hall–Kier alpha value is -0.230. The van der Waals surface area contributed by atoms with E-state index in [0.29, 0.717) is 0 Å². The molecule has 0 amide bonds. The van der Waals surface area contributed by atoms with Crippen molar-refractivity contribution in [1.29, 1.82) is 0 Å². The van der Waals surface area contributed by atoms with E-state index in [1.807, 2.05) is 23.9 Å². The van der Waals surface area contributed by atoms with E-state index in [2.05, 4.69) is 45.2 Å². The van der Waals surface area contributed by atoms with Gasteiger partial charge in [0.2, 0.25) is 0 Å². The molecule has 4 heteroatoms. The van der Waals surface area contributed by atoms with Crippen molar-refractivity contribution >= 4 is 34.4 Å². The molecule has 0 aromatic carbocycles. The number of hydrogen-bond acceptors (Lipinski definition) is 3. The van der Waals surface area contributed by atoms with Crippen molar-refractivity contribution in [2.75, 3.05) is 5.88 Å². The molecule has 2 heterocycles. The van der Waals surface area contributed by atoms with Gasteiger partial charge in [-0.15, -0.1) is 11.8 Å². The summed E-state index contributed by atoms with van der Waals surface area (Å²) in [6, 6.07) is 3.92. The van der Waals surface area contributed by atoms with Crippen molar-refractivity contribution in [3.05, 3.63) is 39.2 Å². The maximum absolute atomic E-state index is 3.84. The summed E-state index contributed by atoms with van der Waals surface area (Å²) in [5.74, 6) is 1.06. The summed E-state index contributed by atoms with van der Waals surface area (Å²) in [4.78, 5) is 3.84. The fraction of sp³-hybridized carbons (Fsp3) is 0.222. The van der Waals surface area contributed by atoms with Crippen LogP contribution in [0, 0.1) is 3.57 Å². The predicted octanol–water partition coefficient (Wildman–Crippen LogP) is 2.83. The summed E-state index contributed by atoms with van der Waals surface area (Å²) in [5, 5.41) is 5.27. The summed E-state index contributed by atoms with van der Waals surface area (Å²) in [6.07, 6.45) is 3.56. The molecule has 0 saturated carbocycles. The average molecular weight is 306 g/mol. The first-order valence-corrected chi connectivity index (χ1v) is 5.99. The van der Waals surface area contributed by atoms with Crippen molar-refractivity contribution in [3.63, 3.8) is 0 Å². The highest BCUT2D eigenvalue weighted by atomic mass is 127. The van der Waals surface area contributed by atoms with Crippen LogP contribution in [0.3, 0.4) is 0 Å². The van der Waals surface area contributed by atoms with Crippen molar-refractivity contribution < 1.29 is 0 Å². The molecule has 70 valence electrons. The standard InChI is InChI=1S/C5H4IN.C4H7NS/c6-5-1-3-7-4-2-5;1-4-2-6-3-5-4/h1-4H;2,5H,3H2,1H3. The molecule has 1 aliphatic rings. The van der Waals surface area contributed by atoms with Gasteiger partial charge in [0.1, 0.15) is 0 Å². The van der Waals surface area contributed by atoms with Crippen LogP contribution in [-0.4, -0.2) is 10.9 Å². The third-order valence-corrected chi connectivity index (χ3v) is 2.88. The van der Waals surface area contributed by atoms with Gasteiger partial charge in [-0.05, 0) is 47.1 Å². The Labute approximate surface area is 96.4 Å². The first-order chi connectivity index (χ1) is 6.29. The number of nitrogens with zero attached hydrogens (tertiary/aromatic N) is 1. The van der Waals surface area contributed by atoms with E-state index in [4.69, 9.17) is 0 Å². The SMILES string of the molecule is CC1=CSCN1.Ic1ccncc1. The number of aromatic nitrogens is 1. The van der Waals surface area contributed by atoms with Gasteiger partial charge in [-0.3, -0.25) is 4.98 Å². The molecule has 0 aliphatic carbocycles. The second-order valence-electron chi connectivity index (χ2n) is 2.45. The van der Waals surface area contributed by atoms with Gasteiger partial charge in [0.15, 0.2) is 0 Å². The van der Waals surface area contributed by atoms with Crippen LogP contribution in [0.2, 0.25) is 0 Å². The van der Waals surface area contributed by atoms with Gasteiger partial charge in [-0.1, -0.05) is 0 Å². The van der Waals surface area contributed by atoms with Crippen LogP contribution in [-0.2, 0) is 0 Å². The second kappa shape index (κ2) is 6.26. The van der Waals surface area contributed by atoms with Gasteiger partial charge < -0.3 is 5.32 Å². The summed E-state index contributed by atoms with van der Waals surface area (Å²) >= 11 is 4.05. The highest BCUT2D eigenvalue weighted by molar-refractivity contribution is 14.1. The molecule has 2 rings (SSSR count). The molecule has 0 spiro atoms. The van der Waals surface area contributed by atoms with E-state index >= 15 is 0 Å². The van der Waals surface area contributed by atoms with Crippen LogP contribution in [0.15, 0.2) is 35.6 Å². The van der Waals surface area contributed by atoms with Gasteiger partial charge in [0.05, 0.1) is 5.88 Å². The zero-order valence-electron chi connectivity index (χ0n) is 7.33. The van der Waals surface area contributed by atoms with E-state index < -0.39 is 0 Å². The van der Waals surface area contributed by atoms with Crippen LogP contribution < -0.4 is 5.32 Å². The lowest BCUT2D eigenvalue weighted by Gasteiger charge is -1.87. The fourth-order valence-electron chi connectivity index (χ4n) is 0.698. The minimum atomic E-state index is 1.06. The Kier molecular flexibility index (Phi) is 5.22. The summed E-state index contributed by atoms with van der Waals surface area (Å²) in [6.45, 7) is 2.07. The van der Waals surface area contributed by atoms with Gasteiger partial charge in [-0.2, -0.15) is 0 Å². The first-order valence-electron chi connectivity index (χ1n) is 3.87. The summed E-state index contributed by atoms with van der Waals surface area (Å²) in [5.41, 5.74) is 1.29. The Morgan fingerprint density at radius 1 is 1.46 bits per heavy atom. The van der Waals surface area contributed by atoms with E-state index in [1.165, 1.54) is 9.27 Å². The third-order valence-electron chi connectivity index (χ3n) is 1.33. The quantitative estimate of drug-likeness (QED) is 0.746. The van der Waals surface area contributed by atoms with Crippen LogP contribution >= 0.6 is 34.4 Å².